The van der Waals surface area contributed by atoms with Gasteiger partial charge in [-0.05, 0) is 45.0 Å². The van der Waals surface area contributed by atoms with Crippen molar-refractivity contribution in [2.24, 2.45) is 0 Å². The van der Waals surface area contributed by atoms with Crippen molar-refractivity contribution < 1.29 is 28.9 Å². The van der Waals surface area contributed by atoms with E-state index in [1.165, 1.54) is 25.2 Å². The van der Waals surface area contributed by atoms with Crippen LogP contribution >= 0.6 is 0 Å². The zero-order valence-electron chi connectivity index (χ0n) is 16.7. The van der Waals surface area contributed by atoms with E-state index in [1.807, 2.05) is 0 Å². The van der Waals surface area contributed by atoms with Gasteiger partial charge in [0.25, 0.3) is 0 Å². The molecule has 0 bridgehead atoms. The lowest BCUT2D eigenvalue weighted by atomic mass is 10.1. The Morgan fingerprint density at radius 1 is 1.07 bits per heavy atom. The molecule has 0 heterocycles. The van der Waals surface area contributed by atoms with Gasteiger partial charge in [0.1, 0.15) is 17.1 Å². The number of hydrogen-bond donors (Lipinski definition) is 1. The molecule has 0 saturated heterocycles. The SMILES string of the molecule is COC(=O)c1ccc(CN(C(=O)OC(C)(C)C)c2ccccc2O)c(OC)c1. The van der Waals surface area contributed by atoms with Crippen LogP contribution in [0, 0.1) is 0 Å². The van der Waals surface area contributed by atoms with Crippen LogP contribution in [0.5, 0.6) is 11.5 Å². The predicted molar refractivity (Wildman–Crippen MR) is 105 cm³/mol. The van der Waals surface area contributed by atoms with Crippen molar-refractivity contribution in [3.63, 3.8) is 0 Å². The zero-order valence-corrected chi connectivity index (χ0v) is 16.7. The number of phenolic OH excluding ortho intramolecular Hbond substituents is 1. The number of anilines is 1. The zero-order chi connectivity index (χ0) is 20.9. The minimum atomic E-state index is -0.710. The number of esters is 1. The Morgan fingerprint density at radius 2 is 1.75 bits per heavy atom. The van der Waals surface area contributed by atoms with Crippen LogP contribution in [0.25, 0.3) is 0 Å². The van der Waals surface area contributed by atoms with Crippen molar-refractivity contribution in [1.29, 1.82) is 0 Å². The molecule has 7 nitrogen and oxygen atoms in total. The Bertz CT molecular complexity index is 856. The molecule has 1 amide bonds. The predicted octanol–water partition coefficient (Wildman–Crippen LogP) is 4.13. The number of carbonyl (C=O) groups excluding carboxylic acids is 2. The number of phenols is 1. The van der Waals surface area contributed by atoms with Gasteiger partial charge in [-0.3, -0.25) is 4.90 Å². The molecule has 7 heteroatoms. The fourth-order valence-corrected chi connectivity index (χ4v) is 2.55. The van der Waals surface area contributed by atoms with Gasteiger partial charge in [-0.15, -0.1) is 0 Å². The van der Waals surface area contributed by atoms with E-state index in [0.29, 0.717) is 22.6 Å². The molecule has 0 unspecified atom stereocenters. The largest absolute Gasteiger partial charge is 0.506 e. The molecule has 0 aromatic heterocycles. The van der Waals surface area contributed by atoms with Crippen LogP contribution in [0.2, 0.25) is 0 Å². The first kappa shape index (κ1) is 21.1. The first-order valence-electron chi connectivity index (χ1n) is 8.70. The first-order chi connectivity index (χ1) is 13.2. The summed E-state index contributed by atoms with van der Waals surface area (Å²) in [6, 6.07) is 11.3. The molecule has 28 heavy (non-hydrogen) atoms. The van der Waals surface area contributed by atoms with Gasteiger partial charge in [0.05, 0.1) is 32.0 Å². The van der Waals surface area contributed by atoms with Crippen LogP contribution in [-0.4, -0.2) is 37.0 Å². The van der Waals surface area contributed by atoms with Crippen LogP contribution in [0.15, 0.2) is 42.5 Å². The quantitative estimate of drug-likeness (QED) is 0.777. The molecule has 0 saturated carbocycles. The van der Waals surface area contributed by atoms with E-state index in [-0.39, 0.29) is 12.3 Å². The summed E-state index contributed by atoms with van der Waals surface area (Å²) >= 11 is 0. The maximum atomic E-state index is 12.8. The third kappa shape index (κ3) is 5.16. The van der Waals surface area contributed by atoms with Gasteiger partial charge >= 0.3 is 12.1 Å². The maximum Gasteiger partial charge on any atom is 0.415 e. The summed E-state index contributed by atoms with van der Waals surface area (Å²) in [4.78, 5) is 25.9. The van der Waals surface area contributed by atoms with Crippen molar-refractivity contribution in [2.45, 2.75) is 32.9 Å². The molecule has 2 aromatic carbocycles. The van der Waals surface area contributed by atoms with Gasteiger partial charge in [0.15, 0.2) is 0 Å². The van der Waals surface area contributed by atoms with Crippen LogP contribution in [0.4, 0.5) is 10.5 Å². The van der Waals surface area contributed by atoms with Crippen molar-refractivity contribution >= 4 is 17.7 Å². The van der Waals surface area contributed by atoms with Gasteiger partial charge in [-0.25, -0.2) is 9.59 Å². The van der Waals surface area contributed by atoms with E-state index >= 15 is 0 Å². The molecule has 0 spiro atoms. The van der Waals surface area contributed by atoms with Crippen LogP contribution < -0.4 is 9.64 Å². The van der Waals surface area contributed by atoms with Crippen LogP contribution in [-0.2, 0) is 16.0 Å². The second-order valence-electron chi connectivity index (χ2n) is 7.07. The fraction of sp³-hybridized carbons (Fsp3) is 0.333. The van der Waals surface area contributed by atoms with E-state index in [2.05, 4.69) is 0 Å². The highest BCUT2D eigenvalue weighted by Gasteiger charge is 2.26. The van der Waals surface area contributed by atoms with Gasteiger partial charge in [0, 0.05) is 5.56 Å². The molecule has 2 rings (SSSR count). The molecule has 0 aliphatic rings. The number of carbonyl (C=O) groups is 2. The van der Waals surface area contributed by atoms with Crippen molar-refractivity contribution in [2.75, 3.05) is 19.1 Å². The second-order valence-corrected chi connectivity index (χ2v) is 7.07. The Kier molecular flexibility index (Phi) is 6.51. The monoisotopic (exact) mass is 387 g/mol. The molecular weight excluding hydrogens is 362 g/mol. The summed E-state index contributed by atoms with van der Waals surface area (Å²) < 4.78 is 15.6. The normalized spacial score (nSPS) is 10.9. The first-order valence-corrected chi connectivity index (χ1v) is 8.70. The number of para-hydroxylation sites is 2. The maximum absolute atomic E-state index is 12.8. The minimum Gasteiger partial charge on any atom is -0.506 e. The average molecular weight is 387 g/mol. The van der Waals surface area contributed by atoms with E-state index in [4.69, 9.17) is 14.2 Å². The number of rotatable bonds is 5. The van der Waals surface area contributed by atoms with Gasteiger partial charge < -0.3 is 19.3 Å². The summed E-state index contributed by atoms with van der Waals surface area (Å²) in [7, 11) is 2.77. The van der Waals surface area contributed by atoms with Gasteiger partial charge in [-0.2, -0.15) is 0 Å². The van der Waals surface area contributed by atoms with Gasteiger partial charge in [-0.1, -0.05) is 18.2 Å². The van der Waals surface area contributed by atoms with Crippen LogP contribution in [0.1, 0.15) is 36.7 Å². The molecule has 1 N–H and O–H groups in total. The van der Waals surface area contributed by atoms with Crippen molar-refractivity contribution in [3.05, 3.63) is 53.6 Å². The molecule has 0 aliphatic carbocycles. The minimum absolute atomic E-state index is 0.0569. The smallest absolute Gasteiger partial charge is 0.415 e. The molecule has 0 atom stereocenters. The second kappa shape index (κ2) is 8.65. The molecule has 0 aliphatic heterocycles. The molecule has 0 radical (unpaired) electrons. The molecule has 0 fully saturated rings. The van der Waals surface area contributed by atoms with E-state index in [1.54, 1.807) is 57.2 Å². The summed E-state index contributed by atoms with van der Waals surface area (Å²) in [6.45, 7) is 5.36. The Balaban J connectivity index is 2.44. The Hall–Kier alpha value is -3.22. The number of methoxy groups -OCH3 is 2. The highest BCUT2D eigenvalue weighted by Crippen LogP contribution is 2.31. The van der Waals surface area contributed by atoms with E-state index in [0.717, 1.165) is 0 Å². The van der Waals surface area contributed by atoms with E-state index < -0.39 is 17.7 Å². The van der Waals surface area contributed by atoms with Crippen molar-refractivity contribution in [1.82, 2.24) is 0 Å². The lowest BCUT2D eigenvalue weighted by Gasteiger charge is -2.28. The number of benzene rings is 2. The lowest BCUT2D eigenvalue weighted by Crippen LogP contribution is -2.36. The third-order valence-corrected chi connectivity index (χ3v) is 3.82. The lowest BCUT2D eigenvalue weighted by molar-refractivity contribution is 0.0572. The Labute approximate surface area is 164 Å². The summed E-state index contributed by atoms with van der Waals surface area (Å²) in [5, 5.41) is 10.2. The highest BCUT2D eigenvalue weighted by atomic mass is 16.6. The Morgan fingerprint density at radius 3 is 2.32 bits per heavy atom. The number of hydrogen-bond acceptors (Lipinski definition) is 6. The number of aromatic hydroxyl groups is 1. The summed E-state index contributed by atoms with van der Waals surface area (Å²) in [6.07, 6.45) is -0.618. The molecular formula is C21H25NO6. The summed E-state index contributed by atoms with van der Waals surface area (Å²) in [5.41, 5.74) is 0.549. The fourth-order valence-electron chi connectivity index (χ4n) is 2.55. The number of nitrogens with zero attached hydrogens (tertiary/aromatic N) is 1. The van der Waals surface area contributed by atoms with Gasteiger partial charge in [0.2, 0.25) is 0 Å². The highest BCUT2D eigenvalue weighted by molar-refractivity contribution is 5.91. The van der Waals surface area contributed by atoms with Crippen molar-refractivity contribution in [3.8, 4) is 11.5 Å². The number of amides is 1. The third-order valence-electron chi connectivity index (χ3n) is 3.82. The topological polar surface area (TPSA) is 85.3 Å². The average Bonchev–Trinajstić information content (AvgIpc) is 2.64. The van der Waals surface area contributed by atoms with E-state index in [9.17, 15) is 14.7 Å². The molecule has 150 valence electrons. The standard InChI is InChI=1S/C21H25NO6/c1-21(2,3)28-20(25)22(16-8-6-7-9-17(16)23)13-15-11-10-14(19(24)27-5)12-18(15)26-4/h6-12,23H,13H2,1-5H3. The summed E-state index contributed by atoms with van der Waals surface area (Å²) in [5.74, 6) is -0.139. The number of ether oxygens (including phenoxy) is 3. The molecule has 2 aromatic rings. The van der Waals surface area contributed by atoms with Crippen LogP contribution in [0.3, 0.4) is 0 Å².